The lowest BCUT2D eigenvalue weighted by Gasteiger charge is -2.48. The Morgan fingerprint density at radius 1 is 0.385 bits per heavy atom. The van der Waals surface area contributed by atoms with Crippen LogP contribution < -0.4 is 5.32 Å². The number of nitrogens with one attached hydrogen (secondary N) is 1. The summed E-state index contributed by atoms with van der Waals surface area (Å²) in [7, 11) is 0. The van der Waals surface area contributed by atoms with Gasteiger partial charge in [-0.2, -0.15) is 0 Å². The summed E-state index contributed by atoms with van der Waals surface area (Å²) in [6, 6.07) is -0.994. The van der Waals surface area contributed by atoms with Gasteiger partial charge < -0.3 is 89.9 Å². The molecule has 0 bridgehead atoms. The Balaban J connectivity index is 1.36. The number of carbonyl (C=O) groups excluding carboxylic acids is 1. The largest absolute Gasteiger partial charge is 0.394 e. The Labute approximate surface area is 549 Å². The summed E-state index contributed by atoms with van der Waals surface area (Å²) in [5.41, 5.74) is 0. The lowest BCUT2D eigenvalue weighted by Crippen LogP contribution is -2.66. The van der Waals surface area contributed by atoms with Gasteiger partial charge in [0.25, 0.3) is 0 Å². The van der Waals surface area contributed by atoms with E-state index in [0.29, 0.717) is 12.8 Å². The quantitative estimate of drug-likeness (QED) is 0.0199. The maximum Gasteiger partial charge on any atom is 0.220 e. The summed E-state index contributed by atoms with van der Waals surface area (Å²) in [6.07, 6.45) is 37.3. The van der Waals surface area contributed by atoms with Crippen LogP contribution in [-0.4, -0.2) is 193 Å². The molecule has 91 heavy (non-hydrogen) atoms. The first-order chi connectivity index (χ1) is 44.3. The van der Waals surface area contributed by atoms with Gasteiger partial charge in [0.15, 0.2) is 18.9 Å². The van der Waals surface area contributed by atoms with Crippen molar-refractivity contribution >= 4 is 5.91 Å². The van der Waals surface area contributed by atoms with Crippen LogP contribution in [0.5, 0.6) is 0 Å². The zero-order valence-electron chi connectivity index (χ0n) is 56.6. The zero-order valence-corrected chi connectivity index (χ0v) is 56.6. The number of allylic oxidation sites excluding steroid dienone is 5. The fourth-order valence-electron chi connectivity index (χ4n) is 12.5. The van der Waals surface area contributed by atoms with Crippen molar-refractivity contribution in [1.29, 1.82) is 0 Å². The third-order valence-electron chi connectivity index (χ3n) is 18.4. The minimum atomic E-state index is -1.98. The second-order valence-electron chi connectivity index (χ2n) is 26.4. The molecule has 17 unspecified atom stereocenters. The molecular formula is C72H133NO18. The first-order valence-corrected chi connectivity index (χ1v) is 36.7. The van der Waals surface area contributed by atoms with E-state index >= 15 is 0 Å². The van der Waals surface area contributed by atoms with Crippen molar-refractivity contribution in [1.82, 2.24) is 5.32 Å². The molecule has 0 aromatic carbocycles. The fraction of sp³-hybridized carbons (Fsp3) is 0.903. The average molecular weight is 1300 g/mol. The molecule has 19 heteroatoms. The minimum absolute atomic E-state index is 0.236. The van der Waals surface area contributed by atoms with E-state index in [1.54, 1.807) is 6.08 Å². The SMILES string of the molecule is CCCCCC/C=C/CC/C=C/CC/C=C/C(O)C(COC1OC(CO)C(OC2OC(CO)C(OC3OC(CO)C(O)C(O)C3O)C(O)C2O)C(O)C1O)NC(=O)CCCCCCCCCCCCCCCCCCCCCCCCCCCCCCCCCC. The number of amides is 1. The average Bonchev–Trinajstić information content (AvgIpc) is 0.885. The number of aliphatic hydroxyl groups excluding tert-OH is 11. The van der Waals surface area contributed by atoms with Crippen LogP contribution in [0.15, 0.2) is 36.5 Å². The topological polar surface area (TPSA) is 307 Å². The number of hydrogen-bond donors (Lipinski definition) is 12. The van der Waals surface area contributed by atoms with E-state index in [-0.39, 0.29) is 18.9 Å². The summed E-state index contributed by atoms with van der Waals surface area (Å²) in [4.78, 5) is 13.4. The van der Waals surface area contributed by atoms with Crippen LogP contribution in [0.25, 0.3) is 0 Å². The van der Waals surface area contributed by atoms with E-state index in [9.17, 15) is 61.0 Å². The Morgan fingerprint density at radius 3 is 1.10 bits per heavy atom. The van der Waals surface area contributed by atoms with Gasteiger partial charge in [0.05, 0.1) is 38.6 Å². The molecule has 3 rings (SSSR count). The zero-order chi connectivity index (χ0) is 66.1. The highest BCUT2D eigenvalue weighted by molar-refractivity contribution is 5.76. The van der Waals surface area contributed by atoms with Gasteiger partial charge >= 0.3 is 0 Å². The number of carbonyl (C=O) groups is 1. The molecule has 12 N–H and O–H groups in total. The Hall–Kier alpha value is -1.99. The monoisotopic (exact) mass is 1300 g/mol. The summed E-state index contributed by atoms with van der Waals surface area (Å²) in [6.45, 7) is 1.70. The van der Waals surface area contributed by atoms with E-state index in [1.807, 2.05) is 6.08 Å². The maximum atomic E-state index is 13.4. The van der Waals surface area contributed by atoms with Gasteiger partial charge in [-0.1, -0.05) is 269 Å². The molecule has 0 saturated carbocycles. The normalized spacial score (nSPS) is 28.0. The maximum absolute atomic E-state index is 13.4. The van der Waals surface area contributed by atoms with E-state index in [1.165, 1.54) is 205 Å². The van der Waals surface area contributed by atoms with Crippen LogP contribution in [0.3, 0.4) is 0 Å². The van der Waals surface area contributed by atoms with Crippen molar-refractivity contribution in [3.05, 3.63) is 36.5 Å². The molecule has 0 spiro atoms. The van der Waals surface area contributed by atoms with Gasteiger partial charge in [-0.25, -0.2) is 0 Å². The minimum Gasteiger partial charge on any atom is -0.394 e. The molecule has 0 aromatic heterocycles. The summed E-state index contributed by atoms with van der Waals surface area (Å²) < 4.78 is 34.3. The molecule has 3 fully saturated rings. The van der Waals surface area contributed by atoms with Gasteiger partial charge in [0.1, 0.15) is 73.2 Å². The van der Waals surface area contributed by atoms with E-state index < -0.39 is 124 Å². The molecule has 19 nitrogen and oxygen atoms in total. The van der Waals surface area contributed by atoms with Gasteiger partial charge in [-0.05, 0) is 44.9 Å². The Bertz CT molecular complexity index is 1790. The number of unbranched alkanes of at least 4 members (excludes halogenated alkanes) is 37. The molecule has 3 saturated heterocycles. The van der Waals surface area contributed by atoms with Gasteiger partial charge in [0, 0.05) is 6.42 Å². The predicted molar refractivity (Wildman–Crippen MR) is 356 cm³/mol. The molecule has 534 valence electrons. The van der Waals surface area contributed by atoms with Gasteiger partial charge in [0.2, 0.25) is 5.91 Å². The third-order valence-corrected chi connectivity index (χ3v) is 18.4. The van der Waals surface area contributed by atoms with Crippen LogP contribution in [0.1, 0.15) is 284 Å². The van der Waals surface area contributed by atoms with Crippen LogP contribution in [0.4, 0.5) is 0 Å². The second kappa shape index (κ2) is 54.1. The number of hydrogen-bond acceptors (Lipinski definition) is 18. The van der Waals surface area contributed by atoms with Crippen molar-refractivity contribution in [3.63, 3.8) is 0 Å². The molecule has 3 heterocycles. The first kappa shape index (κ1) is 83.2. The van der Waals surface area contributed by atoms with Crippen LogP contribution >= 0.6 is 0 Å². The van der Waals surface area contributed by atoms with E-state index in [2.05, 4.69) is 43.5 Å². The predicted octanol–water partition coefficient (Wildman–Crippen LogP) is 10.4. The fourth-order valence-corrected chi connectivity index (χ4v) is 12.5. The number of aliphatic hydroxyl groups is 11. The lowest BCUT2D eigenvalue weighted by molar-refractivity contribution is -0.379. The van der Waals surface area contributed by atoms with Crippen molar-refractivity contribution in [3.8, 4) is 0 Å². The van der Waals surface area contributed by atoms with Crippen LogP contribution in [0.2, 0.25) is 0 Å². The highest BCUT2D eigenvalue weighted by Gasteiger charge is 2.53. The molecule has 0 aromatic rings. The van der Waals surface area contributed by atoms with Crippen molar-refractivity contribution in [2.24, 2.45) is 0 Å². The Kier molecular flexibility index (Phi) is 49.5. The third kappa shape index (κ3) is 35.7. The number of rotatable bonds is 57. The molecule has 0 radical (unpaired) electrons. The summed E-state index contributed by atoms with van der Waals surface area (Å²) >= 11 is 0. The van der Waals surface area contributed by atoms with E-state index in [0.717, 1.165) is 44.9 Å². The van der Waals surface area contributed by atoms with Crippen molar-refractivity contribution in [2.45, 2.75) is 388 Å². The van der Waals surface area contributed by atoms with Crippen molar-refractivity contribution in [2.75, 3.05) is 26.4 Å². The molecule has 1 amide bonds. The molecule has 0 aliphatic carbocycles. The van der Waals surface area contributed by atoms with Crippen LogP contribution in [-0.2, 0) is 33.2 Å². The number of ether oxygens (including phenoxy) is 6. The smallest absolute Gasteiger partial charge is 0.220 e. The summed E-state index contributed by atoms with van der Waals surface area (Å²) in [5.74, 6) is -0.286. The van der Waals surface area contributed by atoms with Gasteiger partial charge in [-0.15, -0.1) is 0 Å². The lowest BCUT2D eigenvalue weighted by atomic mass is 9.96. The van der Waals surface area contributed by atoms with Gasteiger partial charge in [-0.3, -0.25) is 4.79 Å². The highest BCUT2D eigenvalue weighted by Crippen LogP contribution is 2.33. The molecule has 3 aliphatic heterocycles. The van der Waals surface area contributed by atoms with Crippen LogP contribution in [0, 0.1) is 0 Å². The van der Waals surface area contributed by atoms with E-state index in [4.69, 9.17) is 28.4 Å². The second-order valence-corrected chi connectivity index (χ2v) is 26.4. The van der Waals surface area contributed by atoms with Crippen molar-refractivity contribution < 1.29 is 89.4 Å². The molecule has 3 aliphatic rings. The highest BCUT2D eigenvalue weighted by atomic mass is 16.8. The Morgan fingerprint density at radius 2 is 0.703 bits per heavy atom. The first-order valence-electron chi connectivity index (χ1n) is 36.7. The molecule has 17 atom stereocenters. The summed E-state index contributed by atoms with van der Waals surface area (Å²) in [5, 5.41) is 120. The standard InChI is InChI=1S/C72H133NO18/c1-3-5-7-9-11-13-15-17-19-20-21-22-23-24-25-26-27-28-29-30-31-32-33-34-35-36-38-40-42-44-46-48-50-60(78)73-55(56(77)49-47-45-43-41-39-37-18-16-14-12-10-8-6-4-2)54-86-70-66(84)63(81)68(58(52-75)88-70)91-72-67(85)64(82)69(59(53-76)89-72)90-71-65(83)62(80)61(79)57(51-74)87-71/h14,16,39,41,47,49,55-59,61-72,74-77,79-85H,3-13,15,17-38,40,42-46,48,50-54H2,1-2H3,(H,73,78)/b16-14+,41-39+,49-47+. The molecular weight excluding hydrogens is 1170 g/mol.